The number of aliphatic hydroxyl groups excluding tert-OH is 1. The van der Waals surface area contributed by atoms with E-state index in [2.05, 4.69) is 10.6 Å². The van der Waals surface area contributed by atoms with Crippen molar-refractivity contribution in [3.8, 4) is 0 Å². The number of benzene rings is 2. The Morgan fingerprint density at radius 2 is 1.19 bits per heavy atom. The van der Waals surface area contributed by atoms with E-state index in [-0.39, 0.29) is 11.1 Å². The fourth-order valence-corrected chi connectivity index (χ4v) is 2.71. The lowest BCUT2D eigenvalue weighted by Crippen LogP contribution is -2.53. The zero-order valence-corrected chi connectivity index (χ0v) is 17.0. The SMILES string of the molecule is C[C@H](O)[C@H](NC(=O)c1ccccc1)C(=O)O[C@@H](C)[C@@H](NC(=O)c1ccccc1)C(=O)O. The molecule has 2 amide bonds. The van der Waals surface area contributed by atoms with Gasteiger partial charge in [-0.15, -0.1) is 0 Å². The van der Waals surface area contributed by atoms with Crippen LogP contribution in [0.25, 0.3) is 0 Å². The minimum Gasteiger partial charge on any atom is -0.480 e. The fourth-order valence-electron chi connectivity index (χ4n) is 2.71. The highest BCUT2D eigenvalue weighted by Gasteiger charge is 2.34. The molecule has 0 fully saturated rings. The van der Waals surface area contributed by atoms with E-state index in [1.807, 2.05) is 0 Å². The number of nitrogens with one attached hydrogen (secondary N) is 2. The predicted octanol–water partition coefficient (Wildman–Crippen LogP) is 0.981. The third-order valence-electron chi connectivity index (χ3n) is 4.42. The standard InChI is InChI=1S/C22H24N2O7/c1-13(25)17(23-19(26)15-9-5-3-6-10-15)22(30)31-14(2)18(21(28)29)24-20(27)16-11-7-4-8-12-16/h3-14,17-18,25H,1-2H3,(H,23,26)(H,24,27)(H,28,29)/t13-,14-,17-,18+/m0/s1. The van der Waals surface area contributed by atoms with Crippen LogP contribution in [0.2, 0.25) is 0 Å². The summed E-state index contributed by atoms with van der Waals surface area (Å²) in [5.41, 5.74) is 0.511. The van der Waals surface area contributed by atoms with E-state index in [1.54, 1.807) is 36.4 Å². The summed E-state index contributed by atoms with van der Waals surface area (Å²) < 4.78 is 5.16. The van der Waals surface area contributed by atoms with E-state index < -0.39 is 48.0 Å². The van der Waals surface area contributed by atoms with Crippen LogP contribution in [0.3, 0.4) is 0 Å². The molecule has 0 aromatic heterocycles. The molecule has 164 valence electrons. The van der Waals surface area contributed by atoms with Gasteiger partial charge in [-0.3, -0.25) is 9.59 Å². The number of amides is 2. The smallest absolute Gasteiger partial charge is 0.331 e. The molecule has 0 radical (unpaired) electrons. The highest BCUT2D eigenvalue weighted by atomic mass is 16.5. The normalized spacial score (nSPS) is 14.4. The highest BCUT2D eigenvalue weighted by Crippen LogP contribution is 2.08. The zero-order chi connectivity index (χ0) is 23.0. The molecule has 0 heterocycles. The minimum atomic E-state index is -1.55. The van der Waals surface area contributed by atoms with Crippen molar-refractivity contribution in [2.75, 3.05) is 0 Å². The lowest BCUT2D eigenvalue weighted by Gasteiger charge is -2.25. The van der Waals surface area contributed by atoms with Crippen molar-refractivity contribution in [3.05, 3.63) is 71.8 Å². The van der Waals surface area contributed by atoms with E-state index in [0.717, 1.165) is 0 Å². The Bertz CT molecular complexity index is 916. The Morgan fingerprint density at radius 1 is 0.774 bits per heavy atom. The van der Waals surface area contributed by atoms with Gasteiger partial charge in [0, 0.05) is 11.1 Å². The summed E-state index contributed by atoms with van der Waals surface area (Å²) in [6, 6.07) is 13.0. The molecule has 0 aliphatic rings. The van der Waals surface area contributed by atoms with E-state index in [4.69, 9.17) is 4.74 Å². The third kappa shape index (κ3) is 6.65. The van der Waals surface area contributed by atoms with Crippen molar-refractivity contribution in [3.63, 3.8) is 0 Å². The quantitative estimate of drug-likeness (QED) is 0.436. The number of carbonyl (C=O) groups excluding carboxylic acids is 3. The van der Waals surface area contributed by atoms with Crippen LogP contribution in [0.1, 0.15) is 34.6 Å². The van der Waals surface area contributed by atoms with Crippen LogP contribution in [0.4, 0.5) is 0 Å². The molecule has 4 atom stereocenters. The number of hydrogen-bond donors (Lipinski definition) is 4. The average molecular weight is 428 g/mol. The molecule has 9 nitrogen and oxygen atoms in total. The second kappa shape index (κ2) is 10.9. The number of rotatable bonds is 9. The molecule has 0 saturated heterocycles. The highest BCUT2D eigenvalue weighted by molar-refractivity contribution is 5.97. The van der Waals surface area contributed by atoms with Crippen LogP contribution in [0.5, 0.6) is 0 Å². The Morgan fingerprint density at radius 3 is 1.58 bits per heavy atom. The Hall–Kier alpha value is -3.72. The van der Waals surface area contributed by atoms with Crippen LogP contribution >= 0.6 is 0 Å². The van der Waals surface area contributed by atoms with Crippen LogP contribution in [-0.4, -0.2) is 58.3 Å². The molecule has 2 rings (SSSR count). The Kier molecular flexibility index (Phi) is 8.27. The van der Waals surface area contributed by atoms with Gasteiger partial charge in [-0.2, -0.15) is 0 Å². The number of ether oxygens (including phenoxy) is 1. The fraction of sp³-hybridized carbons (Fsp3) is 0.273. The summed E-state index contributed by atoms with van der Waals surface area (Å²) in [4.78, 5) is 48.8. The van der Waals surface area contributed by atoms with Gasteiger partial charge in [0.2, 0.25) is 0 Å². The molecule has 2 aromatic carbocycles. The first-order chi connectivity index (χ1) is 14.7. The first kappa shape index (κ1) is 23.6. The predicted molar refractivity (Wildman–Crippen MR) is 110 cm³/mol. The van der Waals surface area contributed by atoms with Crippen molar-refractivity contribution in [2.45, 2.75) is 38.1 Å². The summed E-state index contributed by atoms with van der Waals surface area (Å²) in [5.74, 6) is -3.71. The largest absolute Gasteiger partial charge is 0.480 e. The van der Waals surface area contributed by atoms with Gasteiger partial charge in [-0.1, -0.05) is 36.4 Å². The van der Waals surface area contributed by atoms with Crippen LogP contribution in [0, 0.1) is 0 Å². The van der Waals surface area contributed by atoms with Crippen LogP contribution < -0.4 is 10.6 Å². The summed E-state index contributed by atoms with van der Waals surface area (Å²) >= 11 is 0. The van der Waals surface area contributed by atoms with Gasteiger partial charge in [0.05, 0.1) is 6.10 Å². The average Bonchev–Trinajstić information content (AvgIpc) is 2.75. The van der Waals surface area contributed by atoms with Gasteiger partial charge in [-0.05, 0) is 38.1 Å². The summed E-state index contributed by atoms with van der Waals surface area (Å²) in [7, 11) is 0. The van der Waals surface area contributed by atoms with E-state index in [0.29, 0.717) is 0 Å². The summed E-state index contributed by atoms with van der Waals surface area (Å²) in [6.07, 6.45) is -2.60. The summed E-state index contributed by atoms with van der Waals surface area (Å²) in [5, 5.41) is 24.1. The maximum atomic E-state index is 12.5. The van der Waals surface area contributed by atoms with Crippen LogP contribution in [-0.2, 0) is 14.3 Å². The second-order valence-corrected chi connectivity index (χ2v) is 6.86. The molecule has 9 heteroatoms. The van der Waals surface area contributed by atoms with E-state index in [1.165, 1.54) is 38.1 Å². The lowest BCUT2D eigenvalue weighted by atomic mass is 10.1. The van der Waals surface area contributed by atoms with Gasteiger partial charge < -0.3 is 25.6 Å². The van der Waals surface area contributed by atoms with Crippen molar-refractivity contribution in [1.82, 2.24) is 10.6 Å². The number of carboxylic acids is 1. The Balaban J connectivity index is 2.07. The number of carboxylic acid groups (broad SMARTS) is 1. The number of aliphatic hydroxyl groups is 1. The Labute approximate surface area is 179 Å². The van der Waals surface area contributed by atoms with Gasteiger partial charge >= 0.3 is 11.9 Å². The molecule has 0 saturated carbocycles. The first-order valence-corrected chi connectivity index (χ1v) is 9.54. The van der Waals surface area contributed by atoms with Crippen molar-refractivity contribution in [1.29, 1.82) is 0 Å². The third-order valence-corrected chi connectivity index (χ3v) is 4.42. The molecule has 0 unspecified atom stereocenters. The monoisotopic (exact) mass is 428 g/mol. The molecule has 0 bridgehead atoms. The zero-order valence-electron chi connectivity index (χ0n) is 17.0. The molecule has 0 aliphatic carbocycles. The summed E-state index contributed by atoms with van der Waals surface area (Å²) in [6.45, 7) is 2.58. The molecular formula is C22H24N2O7. The number of esters is 1. The lowest BCUT2D eigenvalue weighted by molar-refractivity contribution is -0.158. The first-order valence-electron chi connectivity index (χ1n) is 9.54. The van der Waals surface area contributed by atoms with Crippen LogP contribution in [0.15, 0.2) is 60.7 Å². The number of carbonyl (C=O) groups is 4. The van der Waals surface area contributed by atoms with E-state index in [9.17, 15) is 29.4 Å². The van der Waals surface area contributed by atoms with Gasteiger partial charge in [0.15, 0.2) is 12.1 Å². The minimum absolute atomic E-state index is 0.240. The molecule has 31 heavy (non-hydrogen) atoms. The second-order valence-electron chi connectivity index (χ2n) is 6.86. The van der Waals surface area contributed by atoms with Crippen molar-refractivity contribution >= 4 is 23.8 Å². The van der Waals surface area contributed by atoms with Crippen molar-refractivity contribution in [2.24, 2.45) is 0 Å². The van der Waals surface area contributed by atoms with E-state index >= 15 is 0 Å². The number of aliphatic carboxylic acids is 1. The van der Waals surface area contributed by atoms with Crippen molar-refractivity contribution < 1.29 is 34.1 Å². The number of hydrogen-bond acceptors (Lipinski definition) is 6. The molecule has 2 aromatic rings. The topological polar surface area (TPSA) is 142 Å². The van der Waals surface area contributed by atoms with Gasteiger partial charge in [0.1, 0.15) is 6.10 Å². The molecular weight excluding hydrogens is 404 g/mol. The van der Waals surface area contributed by atoms with Gasteiger partial charge in [0.25, 0.3) is 11.8 Å². The maximum absolute atomic E-state index is 12.5. The van der Waals surface area contributed by atoms with Gasteiger partial charge in [-0.25, -0.2) is 9.59 Å². The maximum Gasteiger partial charge on any atom is 0.331 e. The molecule has 4 N–H and O–H groups in total. The molecule has 0 aliphatic heterocycles. The molecule has 0 spiro atoms.